The second-order valence-electron chi connectivity index (χ2n) is 6.19. The van der Waals surface area contributed by atoms with Crippen LogP contribution in [0.1, 0.15) is 5.56 Å². The first kappa shape index (κ1) is 20.4. The van der Waals surface area contributed by atoms with Gasteiger partial charge in [0, 0.05) is 37.7 Å². The van der Waals surface area contributed by atoms with Crippen LogP contribution in [0.15, 0.2) is 47.4 Å². The highest BCUT2D eigenvalue weighted by Gasteiger charge is 2.30. The van der Waals surface area contributed by atoms with Crippen molar-refractivity contribution < 1.29 is 8.42 Å². The minimum absolute atomic E-state index is 0. The van der Waals surface area contributed by atoms with E-state index >= 15 is 0 Å². The molecule has 10 heteroatoms. The maximum atomic E-state index is 13.0. The van der Waals surface area contributed by atoms with Crippen LogP contribution in [0, 0.1) is 0 Å². The van der Waals surface area contributed by atoms with E-state index in [1.165, 1.54) is 5.56 Å². The summed E-state index contributed by atoms with van der Waals surface area (Å²) < 4.78 is 35.9. The lowest BCUT2D eigenvalue weighted by molar-refractivity contribution is 0.181. The van der Waals surface area contributed by atoms with Crippen LogP contribution in [-0.4, -0.2) is 52.5 Å². The summed E-state index contributed by atoms with van der Waals surface area (Å²) in [5, 5.41) is 0.718. The molecule has 0 unspecified atom stereocenters. The number of halogens is 2. The van der Waals surface area contributed by atoms with Gasteiger partial charge in [0.2, 0.25) is 10.0 Å². The van der Waals surface area contributed by atoms with Crippen LogP contribution >= 0.6 is 35.7 Å². The number of nitrogens with zero attached hydrogens (tertiary/aromatic N) is 4. The number of piperazine rings is 1. The first-order valence-electron chi connectivity index (χ1n) is 8.22. The molecule has 27 heavy (non-hydrogen) atoms. The summed E-state index contributed by atoms with van der Waals surface area (Å²) in [5.74, 6) is 0. The number of benzene rings is 2. The number of hydrogen-bond donors (Lipinski definition) is 0. The molecule has 1 saturated heterocycles. The van der Waals surface area contributed by atoms with E-state index in [4.69, 9.17) is 11.6 Å². The topological polar surface area (TPSA) is 66.4 Å². The smallest absolute Gasteiger partial charge is 0.245 e. The standard InChI is InChI=1S/C17H17ClN4O2S2.ClH/c18-14-6-4-13(5-7-14)12-21-8-10-22(11-9-21)26(23,24)16-3-1-2-15-17(16)20-25-19-15;/h1-7H,8-12H2;1H. The molecular formula is C17H18Cl2N4O2S2. The molecule has 144 valence electrons. The Kier molecular flexibility index (Phi) is 6.35. The van der Waals surface area contributed by atoms with Gasteiger partial charge >= 0.3 is 0 Å². The predicted molar refractivity (Wildman–Crippen MR) is 110 cm³/mol. The predicted octanol–water partition coefficient (Wildman–Crippen LogP) is 3.27. The molecule has 6 nitrogen and oxygen atoms in total. The summed E-state index contributed by atoms with van der Waals surface area (Å²) in [7, 11) is -3.57. The van der Waals surface area contributed by atoms with Crippen LogP contribution in [0.3, 0.4) is 0 Å². The third-order valence-corrected chi connectivity index (χ3v) is 7.24. The summed E-state index contributed by atoms with van der Waals surface area (Å²) in [6.45, 7) is 3.09. The fourth-order valence-electron chi connectivity index (χ4n) is 3.10. The Balaban J connectivity index is 0.00000210. The van der Waals surface area contributed by atoms with Gasteiger partial charge in [-0.2, -0.15) is 13.1 Å². The Morgan fingerprint density at radius 1 is 1.00 bits per heavy atom. The van der Waals surface area contributed by atoms with Crippen molar-refractivity contribution in [2.75, 3.05) is 26.2 Å². The molecule has 0 radical (unpaired) electrons. The second kappa shape index (κ2) is 8.38. The molecule has 0 saturated carbocycles. The molecule has 1 aromatic heterocycles. The Labute approximate surface area is 173 Å². The normalized spacial score (nSPS) is 16.3. The average Bonchev–Trinajstić information content (AvgIpc) is 3.13. The van der Waals surface area contributed by atoms with E-state index < -0.39 is 10.0 Å². The quantitative estimate of drug-likeness (QED) is 0.617. The van der Waals surface area contributed by atoms with Crippen molar-refractivity contribution in [2.45, 2.75) is 11.4 Å². The van der Waals surface area contributed by atoms with Crippen molar-refractivity contribution in [3.63, 3.8) is 0 Å². The Morgan fingerprint density at radius 2 is 1.70 bits per heavy atom. The zero-order valence-corrected chi connectivity index (χ0v) is 17.5. The first-order chi connectivity index (χ1) is 12.5. The molecule has 0 amide bonds. The van der Waals surface area contributed by atoms with Gasteiger partial charge in [-0.15, -0.1) is 12.4 Å². The lowest BCUT2D eigenvalue weighted by Gasteiger charge is -2.34. The van der Waals surface area contributed by atoms with E-state index in [9.17, 15) is 8.42 Å². The molecule has 0 spiro atoms. The third-order valence-electron chi connectivity index (χ3n) is 4.52. The molecule has 1 aliphatic heterocycles. The number of aromatic nitrogens is 2. The average molecular weight is 445 g/mol. The molecule has 2 heterocycles. The van der Waals surface area contributed by atoms with Gasteiger partial charge in [0.15, 0.2) is 0 Å². The lowest BCUT2D eigenvalue weighted by Crippen LogP contribution is -2.48. The van der Waals surface area contributed by atoms with Crippen LogP contribution in [0.4, 0.5) is 0 Å². The summed E-state index contributed by atoms with van der Waals surface area (Å²) in [6.07, 6.45) is 0. The van der Waals surface area contributed by atoms with E-state index in [2.05, 4.69) is 13.6 Å². The number of hydrogen-bond acceptors (Lipinski definition) is 6. The molecule has 0 aliphatic carbocycles. The van der Waals surface area contributed by atoms with Gasteiger partial charge in [0.05, 0.1) is 11.7 Å². The Bertz CT molecular complexity index is 1020. The van der Waals surface area contributed by atoms with E-state index in [-0.39, 0.29) is 17.3 Å². The van der Waals surface area contributed by atoms with Crippen LogP contribution in [0.2, 0.25) is 5.02 Å². The van der Waals surface area contributed by atoms with E-state index in [1.807, 2.05) is 24.3 Å². The Morgan fingerprint density at radius 3 is 2.41 bits per heavy atom. The van der Waals surface area contributed by atoms with Crippen molar-refractivity contribution in [3.05, 3.63) is 53.1 Å². The van der Waals surface area contributed by atoms with E-state index in [0.717, 1.165) is 23.3 Å². The first-order valence-corrected chi connectivity index (χ1v) is 10.8. The van der Waals surface area contributed by atoms with Gasteiger partial charge in [-0.05, 0) is 29.8 Å². The van der Waals surface area contributed by atoms with Crippen LogP contribution in [0.25, 0.3) is 11.0 Å². The highest BCUT2D eigenvalue weighted by molar-refractivity contribution is 7.89. The molecule has 3 aromatic rings. The lowest BCUT2D eigenvalue weighted by atomic mass is 10.2. The number of rotatable bonds is 4. The second-order valence-corrected chi connectivity index (χ2v) is 9.07. The zero-order valence-electron chi connectivity index (χ0n) is 14.3. The monoisotopic (exact) mass is 444 g/mol. The number of sulfonamides is 1. The molecule has 2 aromatic carbocycles. The fraction of sp³-hybridized carbons (Fsp3) is 0.294. The van der Waals surface area contributed by atoms with Crippen molar-refractivity contribution in [1.82, 2.24) is 18.0 Å². The fourth-order valence-corrected chi connectivity index (χ4v) is 5.41. The molecule has 1 fully saturated rings. The van der Waals surface area contributed by atoms with Gasteiger partial charge in [0.1, 0.15) is 15.9 Å². The van der Waals surface area contributed by atoms with Crippen LogP contribution in [0.5, 0.6) is 0 Å². The van der Waals surface area contributed by atoms with E-state index in [1.54, 1.807) is 22.5 Å². The molecule has 4 rings (SSSR count). The summed E-state index contributed by atoms with van der Waals surface area (Å²) in [5.41, 5.74) is 2.25. The zero-order chi connectivity index (χ0) is 18.1. The minimum Gasteiger partial charge on any atom is -0.296 e. The maximum absolute atomic E-state index is 13.0. The van der Waals surface area contributed by atoms with Gasteiger partial charge in [-0.25, -0.2) is 8.42 Å². The molecule has 0 N–H and O–H groups in total. The number of fused-ring (bicyclic) bond motifs is 1. The maximum Gasteiger partial charge on any atom is 0.245 e. The van der Waals surface area contributed by atoms with E-state index in [0.29, 0.717) is 37.2 Å². The SMILES string of the molecule is Cl.O=S(=O)(c1cccc2nsnc12)N1CCN(Cc2ccc(Cl)cc2)CC1. The van der Waals surface area contributed by atoms with Crippen LogP contribution < -0.4 is 0 Å². The molecular weight excluding hydrogens is 427 g/mol. The molecule has 1 aliphatic rings. The summed E-state index contributed by atoms with van der Waals surface area (Å²) in [6, 6.07) is 12.9. The van der Waals surface area contributed by atoms with Crippen molar-refractivity contribution in [2.24, 2.45) is 0 Å². The highest BCUT2D eigenvalue weighted by atomic mass is 35.5. The minimum atomic E-state index is -3.57. The van der Waals surface area contributed by atoms with Gasteiger partial charge in [-0.1, -0.05) is 29.8 Å². The molecule has 0 bridgehead atoms. The van der Waals surface area contributed by atoms with Crippen molar-refractivity contribution in [1.29, 1.82) is 0 Å². The van der Waals surface area contributed by atoms with Crippen LogP contribution in [-0.2, 0) is 16.6 Å². The summed E-state index contributed by atoms with van der Waals surface area (Å²) >= 11 is 6.95. The Hall–Kier alpha value is -1.29. The summed E-state index contributed by atoms with van der Waals surface area (Å²) in [4.78, 5) is 2.50. The van der Waals surface area contributed by atoms with Crippen molar-refractivity contribution >= 4 is 56.8 Å². The van der Waals surface area contributed by atoms with Gasteiger partial charge in [0.25, 0.3) is 0 Å². The van der Waals surface area contributed by atoms with Gasteiger partial charge in [-0.3, -0.25) is 4.90 Å². The van der Waals surface area contributed by atoms with Crippen molar-refractivity contribution in [3.8, 4) is 0 Å². The molecule has 0 atom stereocenters. The third kappa shape index (κ3) is 4.26. The van der Waals surface area contributed by atoms with Gasteiger partial charge < -0.3 is 0 Å². The largest absolute Gasteiger partial charge is 0.296 e. The highest BCUT2D eigenvalue weighted by Crippen LogP contribution is 2.25.